The van der Waals surface area contributed by atoms with Gasteiger partial charge < -0.3 is 16.2 Å². The topological polar surface area (TPSA) is 75.3 Å². The van der Waals surface area contributed by atoms with Crippen molar-refractivity contribution in [2.75, 3.05) is 6.54 Å². The summed E-state index contributed by atoms with van der Waals surface area (Å²) in [6.45, 7) is 7.71. The second-order valence-electron chi connectivity index (χ2n) is 6.56. The summed E-state index contributed by atoms with van der Waals surface area (Å²) in [5, 5.41) is 13.1. The molecule has 18 heavy (non-hydrogen) atoms. The molecule has 1 rings (SSSR count). The van der Waals surface area contributed by atoms with Gasteiger partial charge in [0.25, 0.3) is 0 Å². The van der Waals surface area contributed by atoms with Crippen LogP contribution in [-0.4, -0.2) is 28.7 Å². The molecule has 1 aliphatic carbocycles. The number of hydrogen-bond acceptors (Lipinski definition) is 3. The lowest BCUT2D eigenvalue weighted by Gasteiger charge is -2.40. The average Bonchev–Trinajstić information content (AvgIpc) is 2.26. The highest BCUT2D eigenvalue weighted by molar-refractivity contribution is 5.80. The summed E-state index contributed by atoms with van der Waals surface area (Å²) in [5.74, 6) is 0.332. The first-order valence-corrected chi connectivity index (χ1v) is 6.93. The molecule has 0 aromatic heterocycles. The Kier molecular flexibility index (Phi) is 4.78. The van der Waals surface area contributed by atoms with Crippen LogP contribution in [0, 0.1) is 11.8 Å². The van der Waals surface area contributed by atoms with E-state index < -0.39 is 11.1 Å². The van der Waals surface area contributed by atoms with E-state index in [4.69, 9.17) is 5.73 Å². The summed E-state index contributed by atoms with van der Waals surface area (Å²) in [4.78, 5) is 12.4. The molecule has 1 saturated carbocycles. The van der Waals surface area contributed by atoms with Gasteiger partial charge in [0.1, 0.15) is 0 Å². The van der Waals surface area contributed by atoms with Crippen LogP contribution >= 0.6 is 0 Å². The predicted molar refractivity (Wildman–Crippen MR) is 73.0 cm³/mol. The molecule has 4 heteroatoms. The van der Waals surface area contributed by atoms with Crippen molar-refractivity contribution >= 4 is 5.91 Å². The van der Waals surface area contributed by atoms with Gasteiger partial charge in [0, 0.05) is 5.92 Å². The Morgan fingerprint density at radius 3 is 2.33 bits per heavy atom. The second-order valence-corrected chi connectivity index (χ2v) is 6.56. The summed E-state index contributed by atoms with van der Waals surface area (Å²) in [6, 6.07) is 0. The van der Waals surface area contributed by atoms with Gasteiger partial charge in [0.15, 0.2) is 0 Å². The van der Waals surface area contributed by atoms with E-state index in [1.807, 2.05) is 13.8 Å². The van der Waals surface area contributed by atoms with Gasteiger partial charge in [-0.15, -0.1) is 0 Å². The molecule has 0 aromatic rings. The molecule has 1 aliphatic rings. The van der Waals surface area contributed by atoms with Crippen LogP contribution in [0.1, 0.15) is 53.4 Å². The summed E-state index contributed by atoms with van der Waals surface area (Å²) < 4.78 is 0. The molecule has 0 aromatic carbocycles. The third kappa shape index (κ3) is 3.45. The molecule has 2 unspecified atom stereocenters. The Morgan fingerprint density at radius 1 is 1.28 bits per heavy atom. The number of carbonyl (C=O) groups is 1. The number of nitrogens with two attached hydrogens (primary N) is 1. The van der Waals surface area contributed by atoms with E-state index in [2.05, 4.69) is 5.32 Å². The molecule has 0 bridgehead atoms. The molecule has 2 atom stereocenters. The average molecular weight is 256 g/mol. The van der Waals surface area contributed by atoms with Gasteiger partial charge in [-0.05, 0) is 53.0 Å². The fraction of sp³-hybridized carbons (Fsp3) is 0.929. The Bertz CT molecular complexity index is 295. The number of carbonyl (C=O) groups excluding carboxylic acids is 1. The fourth-order valence-corrected chi connectivity index (χ4v) is 2.39. The number of nitrogens with one attached hydrogen (secondary N) is 1. The number of aliphatic hydroxyl groups is 1. The number of rotatable bonds is 4. The molecular formula is C14H28N2O2. The Morgan fingerprint density at radius 2 is 1.83 bits per heavy atom. The smallest absolute Gasteiger partial charge is 0.223 e. The molecule has 4 nitrogen and oxygen atoms in total. The maximum atomic E-state index is 12.4. The second kappa shape index (κ2) is 5.57. The lowest BCUT2D eigenvalue weighted by Crippen LogP contribution is -2.59. The van der Waals surface area contributed by atoms with E-state index in [0.29, 0.717) is 6.54 Å². The molecule has 4 N–H and O–H groups in total. The Labute approximate surface area is 110 Å². The molecule has 0 aliphatic heterocycles. The van der Waals surface area contributed by atoms with Crippen LogP contribution < -0.4 is 11.1 Å². The van der Waals surface area contributed by atoms with Crippen molar-refractivity contribution in [3.05, 3.63) is 0 Å². The monoisotopic (exact) mass is 256 g/mol. The fourth-order valence-electron chi connectivity index (χ4n) is 2.39. The molecule has 1 fully saturated rings. The molecule has 0 spiro atoms. The Hall–Kier alpha value is -0.610. The molecule has 0 radical (unpaired) electrons. The highest BCUT2D eigenvalue weighted by atomic mass is 16.3. The normalized spacial score (nSPS) is 25.9. The number of hydrogen-bond donors (Lipinski definition) is 3. The minimum absolute atomic E-state index is 0.00498. The quantitative estimate of drug-likeness (QED) is 0.712. The highest BCUT2D eigenvalue weighted by Gasteiger charge is 2.39. The van der Waals surface area contributed by atoms with Crippen molar-refractivity contribution in [1.82, 2.24) is 5.32 Å². The van der Waals surface area contributed by atoms with Gasteiger partial charge >= 0.3 is 0 Å². The van der Waals surface area contributed by atoms with Crippen molar-refractivity contribution in [3.63, 3.8) is 0 Å². The van der Waals surface area contributed by atoms with E-state index in [-0.39, 0.29) is 17.7 Å². The maximum absolute atomic E-state index is 12.4. The zero-order chi connectivity index (χ0) is 14.0. The maximum Gasteiger partial charge on any atom is 0.223 e. The van der Waals surface area contributed by atoms with Gasteiger partial charge in [0.05, 0.1) is 11.1 Å². The predicted octanol–water partition coefficient (Wildman–Crippen LogP) is 1.42. The lowest BCUT2D eigenvalue weighted by atomic mass is 9.77. The van der Waals surface area contributed by atoms with Crippen molar-refractivity contribution in [1.29, 1.82) is 0 Å². The van der Waals surface area contributed by atoms with E-state index in [1.54, 1.807) is 13.8 Å². The van der Waals surface area contributed by atoms with Crippen LogP contribution in [0.5, 0.6) is 0 Å². The van der Waals surface area contributed by atoms with Crippen LogP contribution in [-0.2, 0) is 4.79 Å². The van der Waals surface area contributed by atoms with Crippen LogP contribution in [0.25, 0.3) is 0 Å². The SMILES string of the molecule is CC(C)(O)C(C)(C)NC(=O)C1CCCCC1CN. The molecule has 0 heterocycles. The van der Waals surface area contributed by atoms with Gasteiger partial charge in [-0.25, -0.2) is 0 Å². The summed E-state index contributed by atoms with van der Waals surface area (Å²) in [5.41, 5.74) is 4.16. The van der Waals surface area contributed by atoms with Gasteiger partial charge in [-0.3, -0.25) is 4.79 Å². The third-order valence-electron chi connectivity index (χ3n) is 4.51. The number of amides is 1. The van der Waals surface area contributed by atoms with Crippen LogP contribution in [0.2, 0.25) is 0 Å². The first-order chi connectivity index (χ1) is 8.19. The molecule has 106 valence electrons. The zero-order valence-electron chi connectivity index (χ0n) is 12.1. The van der Waals surface area contributed by atoms with E-state index >= 15 is 0 Å². The van der Waals surface area contributed by atoms with Crippen molar-refractivity contribution in [2.45, 2.75) is 64.5 Å². The summed E-state index contributed by atoms with van der Waals surface area (Å²) in [7, 11) is 0. The minimum atomic E-state index is -0.949. The molecule has 0 saturated heterocycles. The van der Waals surface area contributed by atoms with Crippen molar-refractivity contribution < 1.29 is 9.90 Å². The largest absolute Gasteiger partial charge is 0.388 e. The third-order valence-corrected chi connectivity index (χ3v) is 4.51. The van der Waals surface area contributed by atoms with Gasteiger partial charge in [0.2, 0.25) is 5.91 Å². The van der Waals surface area contributed by atoms with Crippen LogP contribution in [0.15, 0.2) is 0 Å². The van der Waals surface area contributed by atoms with Gasteiger partial charge in [-0.1, -0.05) is 12.8 Å². The molecular weight excluding hydrogens is 228 g/mol. The van der Waals surface area contributed by atoms with E-state index in [9.17, 15) is 9.90 Å². The van der Waals surface area contributed by atoms with Crippen LogP contribution in [0.3, 0.4) is 0 Å². The van der Waals surface area contributed by atoms with Crippen LogP contribution in [0.4, 0.5) is 0 Å². The van der Waals surface area contributed by atoms with E-state index in [0.717, 1.165) is 19.3 Å². The summed E-state index contributed by atoms with van der Waals surface area (Å²) in [6.07, 6.45) is 4.21. The van der Waals surface area contributed by atoms with Gasteiger partial charge in [-0.2, -0.15) is 0 Å². The minimum Gasteiger partial charge on any atom is -0.388 e. The van der Waals surface area contributed by atoms with Crippen molar-refractivity contribution in [3.8, 4) is 0 Å². The highest BCUT2D eigenvalue weighted by Crippen LogP contribution is 2.30. The Balaban J connectivity index is 2.69. The summed E-state index contributed by atoms with van der Waals surface area (Å²) >= 11 is 0. The zero-order valence-corrected chi connectivity index (χ0v) is 12.1. The first-order valence-electron chi connectivity index (χ1n) is 6.93. The van der Waals surface area contributed by atoms with Crippen molar-refractivity contribution in [2.24, 2.45) is 17.6 Å². The first kappa shape index (κ1) is 15.4. The lowest BCUT2D eigenvalue weighted by molar-refractivity contribution is -0.132. The van der Waals surface area contributed by atoms with E-state index in [1.165, 1.54) is 6.42 Å². The molecule has 1 amide bonds. The standard InChI is InChI=1S/C14H28N2O2/c1-13(2,14(3,4)18)16-12(17)11-8-6-5-7-10(11)9-15/h10-11,18H,5-9,15H2,1-4H3,(H,16,17).